The Balaban J connectivity index is 1.51. The summed E-state index contributed by atoms with van der Waals surface area (Å²) in [6.07, 6.45) is 7.55. The van der Waals surface area contributed by atoms with Crippen molar-refractivity contribution in [1.82, 2.24) is 29.8 Å². The molecule has 1 aliphatic carbocycles. The Kier molecular flexibility index (Phi) is 9.76. The van der Waals surface area contributed by atoms with Gasteiger partial charge in [-0.2, -0.15) is 5.21 Å². The summed E-state index contributed by atoms with van der Waals surface area (Å²) in [5.41, 5.74) is 4.78. The van der Waals surface area contributed by atoms with E-state index in [4.69, 9.17) is 9.47 Å². The van der Waals surface area contributed by atoms with Gasteiger partial charge in [-0.15, -0.1) is 10.2 Å². The third-order valence-electron chi connectivity index (χ3n) is 8.26. The van der Waals surface area contributed by atoms with Crippen molar-refractivity contribution in [3.05, 3.63) is 76.0 Å². The first-order valence-electron chi connectivity index (χ1n) is 14.9. The van der Waals surface area contributed by atoms with Crippen molar-refractivity contribution in [2.75, 3.05) is 14.2 Å². The van der Waals surface area contributed by atoms with Crippen LogP contribution in [0.3, 0.4) is 0 Å². The molecule has 1 saturated carbocycles. The zero-order valence-electron chi connectivity index (χ0n) is 24.7. The molecule has 0 bridgehead atoms. The van der Waals surface area contributed by atoms with Crippen molar-refractivity contribution in [2.24, 2.45) is 5.92 Å². The lowest BCUT2D eigenvalue weighted by Crippen LogP contribution is -2.32. The molecule has 222 valence electrons. The highest BCUT2D eigenvalue weighted by atomic mass is 16.7. The number of H-pyrrole nitrogens is 1. The Bertz CT molecular complexity index is 1510. The summed E-state index contributed by atoms with van der Waals surface area (Å²) >= 11 is 0. The smallest absolute Gasteiger partial charge is 0.335 e. The molecule has 2 heterocycles. The van der Waals surface area contributed by atoms with Crippen LogP contribution in [0.15, 0.2) is 53.3 Å². The van der Waals surface area contributed by atoms with Gasteiger partial charge in [-0.3, -0.25) is 9.36 Å². The van der Waals surface area contributed by atoms with E-state index >= 15 is 0 Å². The van der Waals surface area contributed by atoms with E-state index in [0.717, 1.165) is 66.5 Å². The number of carbonyl (C=O) groups excluding carboxylic acids is 1. The van der Waals surface area contributed by atoms with E-state index in [1.165, 1.54) is 11.0 Å². The van der Waals surface area contributed by atoms with Gasteiger partial charge in [0, 0.05) is 31.9 Å². The van der Waals surface area contributed by atoms with Crippen LogP contribution in [0.2, 0.25) is 0 Å². The minimum absolute atomic E-state index is 0.175. The number of methoxy groups -OCH3 is 2. The number of nitrogens with zero attached hydrogens (tertiary/aromatic N) is 5. The second-order valence-electron chi connectivity index (χ2n) is 11.0. The van der Waals surface area contributed by atoms with Gasteiger partial charge in [0.1, 0.15) is 5.69 Å². The van der Waals surface area contributed by atoms with Gasteiger partial charge in [0.25, 0.3) is 0 Å². The van der Waals surface area contributed by atoms with Gasteiger partial charge in [0.15, 0.2) is 0 Å². The fourth-order valence-corrected chi connectivity index (χ4v) is 6.09. The fourth-order valence-electron chi connectivity index (χ4n) is 6.09. The topological polar surface area (TPSA) is 117 Å². The summed E-state index contributed by atoms with van der Waals surface area (Å²) in [5, 5.41) is 14.5. The Morgan fingerprint density at radius 1 is 1.02 bits per heavy atom. The van der Waals surface area contributed by atoms with E-state index < -0.39 is 6.29 Å². The van der Waals surface area contributed by atoms with Gasteiger partial charge < -0.3 is 9.47 Å². The van der Waals surface area contributed by atoms with Crippen LogP contribution in [0.5, 0.6) is 0 Å². The quantitative estimate of drug-likeness (QED) is 0.214. The standard InChI is InChI=1S/C32H40N6O4/c1-4-5-15-27-29(31(41-2)42-3)38(28(39)20-22-11-7-6-8-12-22)32(40)37(27)21-23-16-18-24(19-17-23)25-13-9-10-14-26(25)30-33-35-36-34-30/h9-10,13-14,16-19,22,31H,4-8,11-12,15,20-21H2,1-3H3,(H,33,34,35,36). The molecule has 2 aromatic heterocycles. The molecular formula is C32H40N6O4. The molecule has 10 nitrogen and oxygen atoms in total. The number of aromatic amines is 1. The summed E-state index contributed by atoms with van der Waals surface area (Å²) in [5.74, 6) is 0.658. The van der Waals surface area contributed by atoms with Crippen LogP contribution in [-0.2, 0) is 22.4 Å². The maximum atomic E-state index is 14.0. The molecule has 0 saturated heterocycles. The van der Waals surface area contributed by atoms with Gasteiger partial charge in [0.2, 0.25) is 18.0 Å². The summed E-state index contributed by atoms with van der Waals surface area (Å²) in [4.78, 5) is 27.8. The summed E-state index contributed by atoms with van der Waals surface area (Å²) in [7, 11) is 3.08. The molecule has 42 heavy (non-hydrogen) atoms. The number of rotatable bonds is 12. The Hall–Kier alpha value is -3.89. The summed E-state index contributed by atoms with van der Waals surface area (Å²) in [6, 6.07) is 16.0. The molecule has 4 aromatic rings. The molecule has 5 rings (SSSR count). The maximum Gasteiger partial charge on any atom is 0.335 e. The average molecular weight is 573 g/mol. The lowest BCUT2D eigenvalue weighted by atomic mass is 9.87. The van der Waals surface area contributed by atoms with Gasteiger partial charge in [-0.1, -0.05) is 81.1 Å². The Morgan fingerprint density at radius 3 is 2.38 bits per heavy atom. The zero-order valence-corrected chi connectivity index (χ0v) is 24.7. The van der Waals surface area contributed by atoms with Crippen LogP contribution < -0.4 is 5.69 Å². The number of imidazole rings is 1. The zero-order chi connectivity index (χ0) is 29.5. The first-order chi connectivity index (χ1) is 20.5. The predicted octanol–water partition coefficient (Wildman–Crippen LogP) is 5.79. The van der Waals surface area contributed by atoms with E-state index in [1.807, 2.05) is 48.5 Å². The number of hydrogen-bond acceptors (Lipinski definition) is 7. The van der Waals surface area contributed by atoms with Gasteiger partial charge in [0.05, 0.1) is 6.54 Å². The molecule has 0 aliphatic heterocycles. The number of nitrogens with one attached hydrogen (secondary N) is 1. The molecule has 0 amide bonds. The van der Waals surface area contributed by atoms with Gasteiger partial charge in [-0.05, 0) is 53.5 Å². The number of hydrogen-bond donors (Lipinski definition) is 1. The first kappa shape index (κ1) is 29.6. The molecule has 0 atom stereocenters. The van der Waals surface area contributed by atoms with E-state index in [2.05, 4.69) is 27.5 Å². The Morgan fingerprint density at radius 2 is 1.74 bits per heavy atom. The average Bonchev–Trinajstić information content (AvgIpc) is 3.65. The predicted molar refractivity (Wildman–Crippen MR) is 160 cm³/mol. The second-order valence-corrected chi connectivity index (χ2v) is 11.0. The highest BCUT2D eigenvalue weighted by Crippen LogP contribution is 2.31. The molecule has 0 unspecified atom stereocenters. The molecular weight excluding hydrogens is 532 g/mol. The Labute approximate surface area is 246 Å². The first-order valence-corrected chi connectivity index (χ1v) is 14.9. The number of benzene rings is 2. The molecule has 2 aromatic carbocycles. The lowest BCUT2D eigenvalue weighted by Gasteiger charge is -2.22. The second kappa shape index (κ2) is 13.8. The maximum absolute atomic E-state index is 14.0. The van der Waals surface area contributed by atoms with Crippen LogP contribution in [0, 0.1) is 5.92 Å². The van der Waals surface area contributed by atoms with Crippen molar-refractivity contribution in [2.45, 2.75) is 77.5 Å². The van der Waals surface area contributed by atoms with Crippen LogP contribution in [0.1, 0.15) is 86.3 Å². The highest BCUT2D eigenvalue weighted by Gasteiger charge is 2.31. The molecule has 10 heteroatoms. The van der Waals surface area contributed by atoms with Crippen molar-refractivity contribution >= 4 is 5.91 Å². The number of tetrazole rings is 1. The molecule has 1 fully saturated rings. The summed E-state index contributed by atoms with van der Waals surface area (Å²) < 4.78 is 14.4. The highest BCUT2D eigenvalue weighted by molar-refractivity contribution is 5.81. The van der Waals surface area contributed by atoms with Crippen LogP contribution in [-0.4, -0.2) is 49.9 Å². The lowest BCUT2D eigenvalue weighted by molar-refractivity contribution is -0.110. The minimum atomic E-state index is -0.815. The van der Waals surface area contributed by atoms with Crippen LogP contribution in [0.25, 0.3) is 22.5 Å². The van der Waals surface area contributed by atoms with Gasteiger partial charge in [-0.25, -0.2) is 9.36 Å². The number of unbranched alkanes of at least 4 members (excludes halogenated alkanes) is 1. The molecule has 1 aliphatic rings. The minimum Gasteiger partial charge on any atom is -0.350 e. The monoisotopic (exact) mass is 572 g/mol. The van der Waals surface area contributed by atoms with Crippen molar-refractivity contribution in [3.8, 4) is 22.5 Å². The van der Waals surface area contributed by atoms with Crippen LogP contribution >= 0.6 is 0 Å². The van der Waals surface area contributed by atoms with E-state index in [-0.39, 0.29) is 11.6 Å². The molecule has 1 N–H and O–H groups in total. The molecule has 0 spiro atoms. The van der Waals surface area contributed by atoms with E-state index in [0.29, 0.717) is 36.8 Å². The van der Waals surface area contributed by atoms with Gasteiger partial charge >= 0.3 is 5.69 Å². The third-order valence-corrected chi connectivity index (χ3v) is 8.26. The van der Waals surface area contributed by atoms with E-state index in [9.17, 15) is 9.59 Å². The SMILES string of the molecule is CCCCc1c(C(OC)OC)n(C(=O)CC2CCCCC2)c(=O)n1Cc1ccc(-c2ccccc2-c2nn[nH]n2)cc1. The number of ether oxygens (including phenoxy) is 2. The largest absolute Gasteiger partial charge is 0.350 e. The third kappa shape index (κ3) is 6.29. The van der Waals surface area contributed by atoms with Crippen molar-refractivity contribution in [1.29, 1.82) is 0 Å². The summed E-state index contributed by atoms with van der Waals surface area (Å²) in [6.45, 7) is 2.45. The molecule has 0 radical (unpaired) electrons. The van der Waals surface area contributed by atoms with E-state index in [1.54, 1.807) is 18.8 Å². The normalized spacial score (nSPS) is 14.1. The number of aromatic nitrogens is 6. The number of carbonyl (C=O) groups is 1. The van der Waals surface area contributed by atoms with Crippen molar-refractivity contribution < 1.29 is 14.3 Å². The fraction of sp³-hybridized carbons (Fsp3) is 0.469. The van der Waals surface area contributed by atoms with Crippen molar-refractivity contribution in [3.63, 3.8) is 0 Å². The van der Waals surface area contributed by atoms with Crippen LogP contribution in [0.4, 0.5) is 0 Å².